The van der Waals surface area contributed by atoms with Gasteiger partial charge in [-0.1, -0.05) is 0 Å². The minimum atomic E-state index is -0.947. The van der Waals surface area contributed by atoms with Gasteiger partial charge in [-0.25, -0.2) is 4.79 Å². The number of carbonyl (C=O) groups excluding carboxylic acids is 2. The van der Waals surface area contributed by atoms with E-state index in [-0.39, 0.29) is 30.8 Å². The normalized spacial score (nSPS) is 16.6. The lowest BCUT2D eigenvalue weighted by Gasteiger charge is -2.30. The Morgan fingerprint density at radius 2 is 1.88 bits per heavy atom. The van der Waals surface area contributed by atoms with Crippen molar-refractivity contribution in [1.29, 1.82) is 0 Å². The fraction of sp³-hybridized carbons (Fsp3) is 0.700. The summed E-state index contributed by atoms with van der Waals surface area (Å²) in [4.78, 5) is 34.3. The molecule has 0 aliphatic carbocycles. The van der Waals surface area contributed by atoms with Crippen LogP contribution in [0.1, 0.15) is 19.3 Å². The van der Waals surface area contributed by atoms with E-state index in [4.69, 9.17) is 10.8 Å². The number of carboxylic acids is 1. The number of likely N-dealkylation sites (tertiary alicyclic amines) is 1. The average Bonchev–Trinajstić information content (AvgIpc) is 2.28. The van der Waals surface area contributed by atoms with Gasteiger partial charge in [0, 0.05) is 25.6 Å². The molecule has 1 fully saturated rings. The van der Waals surface area contributed by atoms with Crippen LogP contribution in [0.2, 0.25) is 0 Å². The number of piperidine rings is 1. The van der Waals surface area contributed by atoms with Crippen molar-refractivity contribution in [2.45, 2.75) is 19.3 Å². The van der Waals surface area contributed by atoms with Gasteiger partial charge in [0.2, 0.25) is 5.91 Å². The number of aliphatic carboxylic acids is 1. The SMILES string of the molecule is NC(=O)C1CCN(C(=O)NCCC(=O)O)CC1. The zero-order valence-corrected chi connectivity index (χ0v) is 9.52. The van der Waals surface area contributed by atoms with Crippen LogP contribution in [0.4, 0.5) is 4.79 Å². The molecule has 0 radical (unpaired) electrons. The summed E-state index contributed by atoms with van der Waals surface area (Å²) in [6.07, 6.45) is 1.05. The van der Waals surface area contributed by atoms with Crippen LogP contribution in [0.3, 0.4) is 0 Å². The molecule has 1 saturated heterocycles. The van der Waals surface area contributed by atoms with Crippen molar-refractivity contribution in [1.82, 2.24) is 10.2 Å². The second kappa shape index (κ2) is 6.07. The van der Waals surface area contributed by atoms with Crippen molar-refractivity contribution in [2.75, 3.05) is 19.6 Å². The molecule has 1 aliphatic rings. The van der Waals surface area contributed by atoms with Gasteiger partial charge in [-0.2, -0.15) is 0 Å². The van der Waals surface area contributed by atoms with Crippen LogP contribution in [0.5, 0.6) is 0 Å². The molecule has 0 aromatic carbocycles. The van der Waals surface area contributed by atoms with Gasteiger partial charge >= 0.3 is 12.0 Å². The fourth-order valence-electron chi connectivity index (χ4n) is 1.76. The number of urea groups is 1. The molecule has 3 amide bonds. The Hall–Kier alpha value is -1.79. The molecule has 1 rings (SSSR count). The number of amides is 3. The first-order valence-electron chi connectivity index (χ1n) is 5.54. The Morgan fingerprint density at radius 3 is 2.35 bits per heavy atom. The van der Waals surface area contributed by atoms with Crippen LogP contribution >= 0.6 is 0 Å². The number of carboxylic acid groups (broad SMARTS) is 1. The smallest absolute Gasteiger partial charge is 0.317 e. The molecule has 0 atom stereocenters. The molecule has 0 aromatic heterocycles. The van der Waals surface area contributed by atoms with Gasteiger partial charge < -0.3 is 21.1 Å². The van der Waals surface area contributed by atoms with E-state index in [2.05, 4.69) is 5.32 Å². The molecule has 7 nitrogen and oxygen atoms in total. The lowest BCUT2D eigenvalue weighted by atomic mass is 9.96. The first-order chi connectivity index (χ1) is 8.00. The van der Waals surface area contributed by atoms with E-state index in [1.54, 1.807) is 4.90 Å². The van der Waals surface area contributed by atoms with E-state index in [0.29, 0.717) is 25.9 Å². The van der Waals surface area contributed by atoms with Gasteiger partial charge in [0.1, 0.15) is 0 Å². The van der Waals surface area contributed by atoms with Crippen LogP contribution in [-0.4, -0.2) is 47.5 Å². The Kier molecular flexibility index (Phi) is 4.74. The molecule has 0 saturated carbocycles. The number of hydrogen-bond acceptors (Lipinski definition) is 3. The third-order valence-electron chi connectivity index (χ3n) is 2.80. The maximum Gasteiger partial charge on any atom is 0.317 e. The van der Waals surface area contributed by atoms with Crippen LogP contribution in [0, 0.1) is 5.92 Å². The van der Waals surface area contributed by atoms with Crippen molar-refractivity contribution in [3.63, 3.8) is 0 Å². The standard InChI is InChI=1S/C10H17N3O4/c11-9(16)7-2-5-13(6-3-7)10(17)12-4-1-8(14)15/h7H,1-6H2,(H2,11,16)(H,12,17)(H,14,15). The van der Waals surface area contributed by atoms with Gasteiger partial charge in [-0.15, -0.1) is 0 Å². The van der Waals surface area contributed by atoms with E-state index in [9.17, 15) is 14.4 Å². The number of rotatable bonds is 4. The minimum absolute atomic E-state index is 0.0938. The summed E-state index contributed by atoms with van der Waals surface area (Å²) in [5.74, 6) is -1.42. The molecule has 1 heterocycles. The number of hydrogen-bond donors (Lipinski definition) is 3. The molecular formula is C10H17N3O4. The maximum atomic E-state index is 11.6. The van der Waals surface area contributed by atoms with Crippen LogP contribution in [0.15, 0.2) is 0 Å². The predicted octanol–water partition coefficient (Wildman–Crippen LogP) is -0.632. The van der Waals surface area contributed by atoms with Gasteiger partial charge in [-0.3, -0.25) is 9.59 Å². The van der Waals surface area contributed by atoms with Crippen molar-refractivity contribution in [3.05, 3.63) is 0 Å². The van der Waals surface area contributed by atoms with E-state index in [1.165, 1.54) is 0 Å². The molecule has 96 valence electrons. The minimum Gasteiger partial charge on any atom is -0.481 e. The van der Waals surface area contributed by atoms with Gasteiger partial charge in [-0.05, 0) is 12.8 Å². The molecule has 17 heavy (non-hydrogen) atoms. The molecule has 0 bridgehead atoms. The average molecular weight is 243 g/mol. The molecular weight excluding hydrogens is 226 g/mol. The number of primary amides is 1. The topological polar surface area (TPSA) is 113 Å². The van der Waals surface area contributed by atoms with Crippen molar-refractivity contribution in [2.24, 2.45) is 11.7 Å². The summed E-state index contributed by atoms with van der Waals surface area (Å²) < 4.78 is 0. The highest BCUT2D eigenvalue weighted by Gasteiger charge is 2.25. The number of nitrogens with zero attached hydrogens (tertiary/aromatic N) is 1. The van der Waals surface area contributed by atoms with Crippen LogP contribution < -0.4 is 11.1 Å². The molecule has 0 unspecified atom stereocenters. The predicted molar refractivity (Wildman–Crippen MR) is 59.1 cm³/mol. The zero-order chi connectivity index (χ0) is 12.8. The summed E-state index contributed by atoms with van der Waals surface area (Å²) in [7, 11) is 0. The van der Waals surface area contributed by atoms with Crippen LogP contribution in [0.25, 0.3) is 0 Å². The molecule has 7 heteroatoms. The van der Waals surface area contributed by atoms with Gasteiger partial charge in [0.25, 0.3) is 0 Å². The fourth-order valence-corrected chi connectivity index (χ4v) is 1.76. The zero-order valence-electron chi connectivity index (χ0n) is 9.52. The van der Waals surface area contributed by atoms with E-state index in [0.717, 1.165) is 0 Å². The largest absolute Gasteiger partial charge is 0.481 e. The first kappa shape index (κ1) is 13.3. The Balaban J connectivity index is 2.26. The van der Waals surface area contributed by atoms with Crippen molar-refractivity contribution >= 4 is 17.9 Å². The Labute approximate surface area is 98.9 Å². The summed E-state index contributed by atoms with van der Waals surface area (Å²) in [6, 6.07) is -0.283. The van der Waals surface area contributed by atoms with Crippen molar-refractivity contribution < 1.29 is 19.5 Å². The van der Waals surface area contributed by atoms with E-state index < -0.39 is 5.97 Å². The first-order valence-corrected chi connectivity index (χ1v) is 5.54. The highest BCUT2D eigenvalue weighted by molar-refractivity contribution is 5.78. The second-order valence-corrected chi connectivity index (χ2v) is 4.04. The van der Waals surface area contributed by atoms with E-state index in [1.807, 2.05) is 0 Å². The highest BCUT2D eigenvalue weighted by atomic mass is 16.4. The van der Waals surface area contributed by atoms with Gasteiger partial charge in [0.05, 0.1) is 6.42 Å². The van der Waals surface area contributed by atoms with Crippen molar-refractivity contribution in [3.8, 4) is 0 Å². The highest BCUT2D eigenvalue weighted by Crippen LogP contribution is 2.16. The molecule has 0 aromatic rings. The lowest BCUT2D eigenvalue weighted by Crippen LogP contribution is -2.46. The van der Waals surface area contributed by atoms with E-state index >= 15 is 0 Å². The summed E-state index contributed by atoms with van der Waals surface area (Å²) >= 11 is 0. The maximum absolute atomic E-state index is 11.6. The van der Waals surface area contributed by atoms with Gasteiger partial charge in [0.15, 0.2) is 0 Å². The number of nitrogens with two attached hydrogens (primary N) is 1. The summed E-state index contributed by atoms with van der Waals surface area (Å²) in [5.41, 5.74) is 5.18. The molecule has 0 spiro atoms. The quantitative estimate of drug-likeness (QED) is 0.610. The summed E-state index contributed by atoms with van der Waals surface area (Å²) in [5, 5.41) is 10.9. The lowest BCUT2D eigenvalue weighted by molar-refractivity contribution is -0.136. The molecule has 4 N–H and O–H groups in total. The Morgan fingerprint density at radius 1 is 1.29 bits per heavy atom. The third-order valence-corrected chi connectivity index (χ3v) is 2.80. The second-order valence-electron chi connectivity index (χ2n) is 4.04. The number of nitrogens with one attached hydrogen (secondary N) is 1. The molecule has 1 aliphatic heterocycles. The monoisotopic (exact) mass is 243 g/mol. The third kappa shape index (κ3) is 4.29. The Bertz CT molecular complexity index is 311. The number of carbonyl (C=O) groups is 3. The van der Waals surface area contributed by atoms with Crippen LogP contribution in [-0.2, 0) is 9.59 Å². The summed E-state index contributed by atoms with van der Waals surface area (Å²) in [6.45, 7) is 1.07.